The third kappa shape index (κ3) is 4.50. The maximum Gasteiger partial charge on any atom is 0.0717 e. The molecule has 232 valence electrons. The summed E-state index contributed by atoms with van der Waals surface area (Å²) in [7, 11) is 0. The van der Waals surface area contributed by atoms with Gasteiger partial charge in [-0.1, -0.05) is 133 Å². The van der Waals surface area contributed by atoms with Crippen LogP contribution in [0.3, 0.4) is 0 Å². The van der Waals surface area contributed by atoms with Crippen molar-refractivity contribution in [2.75, 3.05) is 0 Å². The molecule has 10 rings (SSSR count). The van der Waals surface area contributed by atoms with Gasteiger partial charge in [0, 0.05) is 29.7 Å². The lowest BCUT2D eigenvalue weighted by atomic mass is 9.82. The minimum absolute atomic E-state index is 0.913. The zero-order valence-electron chi connectivity index (χ0n) is 27.2. The van der Waals surface area contributed by atoms with Crippen molar-refractivity contribution in [3.63, 3.8) is 0 Å². The minimum Gasteiger partial charge on any atom is -0.264 e. The highest BCUT2D eigenvalue weighted by Crippen LogP contribution is 2.48. The van der Waals surface area contributed by atoms with Gasteiger partial charge in [0.1, 0.15) is 0 Å². The van der Waals surface area contributed by atoms with E-state index in [0.717, 1.165) is 22.4 Å². The Morgan fingerprint density at radius 3 is 1.72 bits per heavy atom. The van der Waals surface area contributed by atoms with Crippen molar-refractivity contribution in [3.8, 4) is 44.6 Å². The molecule has 0 unspecified atom stereocenters. The van der Waals surface area contributed by atoms with Crippen LogP contribution in [-0.4, -0.2) is 9.97 Å². The quantitative estimate of drug-likeness (QED) is 0.142. The molecular weight excluding hydrogens is 605 g/mol. The second kappa shape index (κ2) is 11.5. The molecule has 0 fully saturated rings. The molecule has 0 aliphatic rings. The normalized spacial score (nSPS) is 11.6. The Balaban J connectivity index is 1.32. The van der Waals surface area contributed by atoms with Crippen molar-refractivity contribution in [2.45, 2.75) is 0 Å². The van der Waals surface area contributed by atoms with Gasteiger partial charge >= 0.3 is 0 Å². The molecule has 2 aromatic heterocycles. The van der Waals surface area contributed by atoms with Crippen LogP contribution in [0.5, 0.6) is 0 Å². The summed E-state index contributed by atoms with van der Waals surface area (Å²) in [6.07, 6.45) is 5.64. The summed E-state index contributed by atoms with van der Waals surface area (Å²) in [5.41, 5.74) is 9.14. The molecule has 0 bridgehead atoms. The van der Waals surface area contributed by atoms with E-state index in [-0.39, 0.29) is 0 Å². The lowest BCUT2D eigenvalue weighted by molar-refractivity contribution is 1.28. The highest BCUT2D eigenvalue weighted by molar-refractivity contribution is 6.27. The standard InChI is InChI=1S/C48H30N2/c1-3-15-36-31(11-1)13-9-21-40(36)47-41-19-7-8-20-42(41)48(44-28-33-12-2-4-16-37(33)38-17-5-6-18-39(38)44)43-24-22-32(27-45(43)47)34-23-25-46(50-30-34)35-14-10-26-49-29-35/h1-30H. The van der Waals surface area contributed by atoms with Gasteiger partial charge in [-0.15, -0.1) is 0 Å². The summed E-state index contributed by atoms with van der Waals surface area (Å²) in [6, 6.07) is 59.6. The number of pyridine rings is 2. The van der Waals surface area contributed by atoms with Crippen LogP contribution in [-0.2, 0) is 0 Å². The van der Waals surface area contributed by atoms with Gasteiger partial charge in [0.2, 0.25) is 0 Å². The van der Waals surface area contributed by atoms with Crippen molar-refractivity contribution in [2.24, 2.45) is 0 Å². The second-order valence-electron chi connectivity index (χ2n) is 12.9. The largest absolute Gasteiger partial charge is 0.264 e. The summed E-state index contributed by atoms with van der Waals surface area (Å²) in [6.45, 7) is 0. The van der Waals surface area contributed by atoms with E-state index in [9.17, 15) is 0 Å². The summed E-state index contributed by atoms with van der Waals surface area (Å²) >= 11 is 0. The van der Waals surface area contributed by atoms with E-state index >= 15 is 0 Å². The highest BCUT2D eigenvalue weighted by Gasteiger charge is 2.20. The first-order chi connectivity index (χ1) is 24.8. The molecular formula is C48H30N2. The molecule has 0 radical (unpaired) electrons. The van der Waals surface area contributed by atoms with Crippen molar-refractivity contribution in [1.29, 1.82) is 0 Å². The van der Waals surface area contributed by atoms with E-state index in [0.29, 0.717) is 0 Å². The maximum absolute atomic E-state index is 4.87. The fourth-order valence-electron chi connectivity index (χ4n) is 7.89. The first-order valence-electron chi connectivity index (χ1n) is 17.1. The van der Waals surface area contributed by atoms with E-state index < -0.39 is 0 Å². The second-order valence-corrected chi connectivity index (χ2v) is 12.9. The van der Waals surface area contributed by atoms with Crippen molar-refractivity contribution in [1.82, 2.24) is 9.97 Å². The summed E-state index contributed by atoms with van der Waals surface area (Å²) in [5.74, 6) is 0. The van der Waals surface area contributed by atoms with Crippen molar-refractivity contribution >= 4 is 53.9 Å². The predicted octanol–water partition coefficient (Wildman–Crippen LogP) is 12.9. The summed E-state index contributed by atoms with van der Waals surface area (Å²) in [5, 5.41) is 12.5. The molecule has 0 saturated carbocycles. The molecule has 0 spiro atoms. The monoisotopic (exact) mass is 634 g/mol. The van der Waals surface area contributed by atoms with Crippen LogP contribution in [0.25, 0.3) is 98.5 Å². The zero-order valence-corrected chi connectivity index (χ0v) is 27.2. The van der Waals surface area contributed by atoms with Crippen LogP contribution in [0.2, 0.25) is 0 Å². The lowest BCUT2D eigenvalue weighted by Crippen LogP contribution is -1.94. The van der Waals surface area contributed by atoms with Crippen LogP contribution in [0.1, 0.15) is 0 Å². The Labute approximate surface area is 290 Å². The molecule has 10 aromatic rings. The number of nitrogens with zero attached hydrogens (tertiary/aromatic N) is 2. The first-order valence-corrected chi connectivity index (χ1v) is 17.1. The van der Waals surface area contributed by atoms with E-state index in [1.54, 1.807) is 6.20 Å². The van der Waals surface area contributed by atoms with Crippen molar-refractivity contribution < 1.29 is 0 Å². The fraction of sp³-hybridized carbons (Fsp3) is 0. The minimum atomic E-state index is 0.913. The average molecular weight is 635 g/mol. The van der Waals surface area contributed by atoms with Gasteiger partial charge in [-0.3, -0.25) is 9.97 Å². The molecule has 2 heteroatoms. The Bertz CT molecular complexity index is 2900. The van der Waals surface area contributed by atoms with E-state index in [4.69, 9.17) is 4.98 Å². The van der Waals surface area contributed by atoms with Crippen LogP contribution >= 0.6 is 0 Å². The van der Waals surface area contributed by atoms with Crippen molar-refractivity contribution in [3.05, 3.63) is 182 Å². The van der Waals surface area contributed by atoms with Crippen LogP contribution in [0.4, 0.5) is 0 Å². The molecule has 0 amide bonds. The number of rotatable bonds is 4. The molecule has 0 aliphatic heterocycles. The smallest absolute Gasteiger partial charge is 0.0717 e. The number of hydrogen-bond donors (Lipinski definition) is 0. The van der Waals surface area contributed by atoms with Gasteiger partial charge in [0.05, 0.1) is 5.69 Å². The Hall–Kier alpha value is -6.64. The third-order valence-corrected chi connectivity index (χ3v) is 10.2. The van der Waals surface area contributed by atoms with Gasteiger partial charge in [-0.2, -0.15) is 0 Å². The van der Waals surface area contributed by atoms with E-state index in [1.807, 2.05) is 24.5 Å². The summed E-state index contributed by atoms with van der Waals surface area (Å²) < 4.78 is 0. The predicted molar refractivity (Wildman–Crippen MR) is 211 cm³/mol. The third-order valence-electron chi connectivity index (χ3n) is 10.2. The van der Waals surface area contributed by atoms with Gasteiger partial charge < -0.3 is 0 Å². The average Bonchev–Trinajstić information content (AvgIpc) is 3.20. The molecule has 0 N–H and O–H groups in total. The number of fused-ring (bicyclic) bond motifs is 6. The highest BCUT2D eigenvalue weighted by atomic mass is 14.7. The van der Waals surface area contributed by atoms with Gasteiger partial charge in [-0.25, -0.2) is 0 Å². The SMILES string of the molecule is c1cncc(-c2ccc(-c3ccc4c(-c5cc6ccccc6c6ccccc56)c5ccccc5c(-c5cccc6ccccc56)c4c3)cn2)c1. The van der Waals surface area contributed by atoms with Gasteiger partial charge in [-0.05, 0) is 112 Å². The van der Waals surface area contributed by atoms with Gasteiger partial charge in [0.15, 0.2) is 0 Å². The molecule has 0 aliphatic carbocycles. The van der Waals surface area contributed by atoms with Crippen LogP contribution in [0, 0.1) is 0 Å². The van der Waals surface area contributed by atoms with E-state index in [2.05, 4.69) is 157 Å². The lowest BCUT2D eigenvalue weighted by Gasteiger charge is -2.21. The maximum atomic E-state index is 4.87. The molecule has 8 aromatic carbocycles. The Morgan fingerprint density at radius 1 is 0.320 bits per heavy atom. The number of aromatic nitrogens is 2. The molecule has 0 atom stereocenters. The van der Waals surface area contributed by atoms with Crippen LogP contribution in [0.15, 0.2) is 182 Å². The van der Waals surface area contributed by atoms with E-state index in [1.165, 1.54) is 76.1 Å². The van der Waals surface area contributed by atoms with Crippen LogP contribution < -0.4 is 0 Å². The topological polar surface area (TPSA) is 25.8 Å². The zero-order chi connectivity index (χ0) is 33.0. The molecule has 2 heterocycles. The number of hydrogen-bond acceptors (Lipinski definition) is 2. The summed E-state index contributed by atoms with van der Waals surface area (Å²) in [4.78, 5) is 9.15. The Kier molecular flexibility index (Phi) is 6.53. The van der Waals surface area contributed by atoms with Gasteiger partial charge in [0.25, 0.3) is 0 Å². The molecule has 2 nitrogen and oxygen atoms in total. The number of benzene rings is 8. The first kappa shape index (κ1) is 28.4. The molecule has 0 saturated heterocycles. The molecule has 50 heavy (non-hydrogen) atoms. The fourth-order valence-corrected chi connectivity index (χ4v) is 7.89. The Morgan fingerprint density at radius 2 is 0.960 bits per heavy atom.